The van der Waals surface area contributed by atoms with Crippen molar-refractivity contribution >= 4 is 15.9 Å². The second-order valence-electron chi connectivity index (χ2n) is 6.44. The summed E-state index contributed by atoms with van der Waals surface area (Å²) >= 11 is 0. The van der Waals surface area contributed by atoms with E-state index < -0.39 is 10.0 Å². The summed E-state index contributed by atoms with van der Waals surface area (Å²) in [5.74, 6) is -0.187. The molecule has 0 heterocycles. The fraction of sp³-hybridized carbons (Fsp3) is 0.611. The molecule has 0 saturated heterocycles. The zero-order valence-corrected chi connectivity index (χ0v) is 15.2. The molecule has 0 unspecified atom stereocenters. The second-order valence-corrected chi connectivity index (χ2v) is 8.21. The second kappa shape index (κ2) is 9.18. The lowest BCUT2D eigenvalue weighted by atomic mass is 10.1. The van der Waals surface area contributed by atoms with E-state index in [1.165, 1.54) is 25.0 Å². The zero-order chi connectivity index (χ0) is 17.4. The van der Waals surface area contributed by atoms with Gasteiger partial charge in [-0.2, -0.15) is 0 Å². The Labute approximate surface area is 145 Å². The van der Waals surface area contributed by atoms with Crippen LogP contribution in [-0.2, 0) is 10.0 Å². The van der Waals surface area contributed by atoms with Gasteiger partial charge in [-0.1, -0.05) is 45.1 Å². The van der Waals surface area contributed by atoms with Gasteiger partial charge in [-0.15, -0.1) is 0 Å². The van der Waals surface area contributed by atoms with Crippen LogP contribution in [0.1, 0.15) is 68.6 Å². The number of unbranched alkanes of at least 4 members (excludes halogenated alkanes) is 1. The van der Waals surface area contributed by atoms with Crippen LogP contribution in [0.3, 0.4) is 0 Å². The Morgan fingerprint density at radius 2 is 1.88 bits per heavy atom. The summed E-state index contributed by atoms with van der Waals surface area (Å²) in [5, 5.41) is 3.05. The molecule has 0 aromatic heterocycles. The van der Waals surface area contributed by atoms with Crippen LogP contribution < -0.4 is 10.0 Å². The number of amides is 1. The molecule has 134 valence electrons. The van der Waals surface area contributed by atoms with E-state index in [9.17, 15) is 13.2 Å². The maximum Gasteiger partial charge on any atom is 0.251 e. The molecule has 6 heteroatoms. The summed E-state index contributed by atoms with van der Waals surface area (Å²) < 4.78 is 27.1. The van der Waals surface area contributed by atoms with Gasteiger partial charge in [-0.25, -0.2) is 13.1 Å². The molecule has 0 radical (unpaired) electrons. The monoisotopic (exact) mass is 352 g/mol. The quantitative estimate of drug-likeness (QED) is 0.584. The summed E-state index contributed by atoms with van der Waals surface area (Å²) in [6.45, 7) is 2.42. The van der Waals surface area contributed by atoms with Crippen molar-refractivity contribution in [3.05, 3.63) is 29.8 Å². The zero-order valence-electron chi connectivity index (χ0n) is 14.4. The van der Waals surface area contributed by atoms with E-state index >= 15 is 0 Å². The van der Waals surface area contributed by atoms with E-state index in [0.29, 0.717) is 12.1 Å². The lowest BCUT2D eigenvalue weighted by Gasteiger charge is -2.16. The molecule has 5 nitrogen and oxygen atoms in total. The Morgan fingerprint density at radius 3 is 2.54 bits per heavy atom. The Morgan fingerprint density at radius 1 is 1.17 bits per heavy atom. The molecule has 1 saturated carbocycles. The molecular formula is C18H28N2O3S. The molecule has 24 heavy (non-hydrogen) atoms. The van der Waals surface area contributed by atoms with Crippen LogP contribution in [0.4, 0.5) is 0 Å². The number of hydrogen-bond donors (Lipinski definition) is 2. The van der Waals surface area contributed by atoms with Crippen molar-refractivity contribution in [2.24, 2.45) is 0 Å². The number of carbonyl (C=O) groups excluding carboxylic acids is 1. The highest BCUT2D eigenvalue weighted by atomic mass is 32.2. The van der Waals surface area contributed by atoms with Gasteiger partial charge in [0.25, 0.3) is 5.91 Å². The summed E-state index contributed by atoms with van der Waals surface area (Å²) in [6, 6.07) is 6.47. The third-order valence-corrected chi connectivity index (χ3v) is 5.88. The summed E-state index contributed by atoms with van der Waals surface area (Å²) in [4.78, 5) is 12.6. The minimum Gasteiger partial charge on any atom is -0.349 e. The predicted molar refractivity (Wildman–Crippen MR) is 95.5 cm³/mol. The first kappa shape index (κ1) is 18.9. The molecule has 1 aromatic carbocycles. The maximum absolute atomic E-state index is 12.4. The van der Waals surface area contributed by atoms with Crippen LogP contribution in [-0.4, -0.2) is 26.9 Å². The van der Waals surface area contributed by atoms with Gasteiger partial charge in [0.1, 0.15) is 0 Å². The molecule has 1 amide bonds. The fourth-order valence-corrected chi connectivity index (χ4v) is 4.08. The van der Waals surface area contributed by atoms with E-state index in [1.807, 2.05) is 6.92 Å². The summed E-state index contributed by atoms with van der Waals surface area (Å²) in [5.41, 5.74) is 0.401. The highest BCUT2D eigenvalue weighted by Crippen LogP contribution is 2.18. The topological polar surface area (TPSA) is 75.3 Å². The van der Waals surface area contributed by atoms with Crippen molar-refractivity contribution < 1.29 is 13.2 Å². The van der Waals surface area contributed by atoms with E-state index in [1.54, 1.807) is 12.1 Å². The highest BCUT2D eigenvalue weighted by Gasteiger charge is 2.18. The SMILES string of the molecule is CCCCNS(=O)(=O)c1cccc(C(=O)NC2CCCCCC2)c1. The maximum atomic E-state index is 12.4. The number of rotatable bonds is 7. The summed E-state index contributed by atoms with van der Waals surface area (Å²) in [6.07, 6.45) is 8.45. The van der Waals surface area contributed by atoms with Gasteiger partial charge in [0.2, 0.25) is 10.0 Å². The van der Waals surface area contributed by atoms with Gasteiger partial charge >= 0.3 is 0 Å². The first-order chi connectivity index (χ1) is 11.5. The molecule has 2 N–H and O–H groups in total. The van der Waals surface area contributed by atoms with Crippen LogP contribution in [0.5, 0.6) is 0 Å². The third kappa shape index (κ3) is 5.60. The van der Waals surface area contributed by atoms with Gasteiger partial charge in [-0.05, 0) is 37.5 Å². The van der Waals surface area contributed by atoms with Crippen LogP contribution in [0.2, 0.25) is 0 Å². The van der Waals surface area contributed by atoms with E-state index in [0.717, 1.165) is 38.5 Å². The Kier molecular flexibility index (Phi) is 7.24. The van der Waals surface area contributed by atoms with Crippen LogP contribution in [0.25, 0.3) is 0 Å². The van der Waals surface area contributed by atoms with Gasteiger partial charge in [-0.3, -0.25) is 4.79 Å². The average molecular weight is 353 g/mol. The molecule has 0 atom stereocenters. The third-order valence-electron chi connectivity index (χ3n) is 4.42. The van der Waals surface area contributed by atoms with Gasteiger partial charge in [0.15, 0.2) is 0 Å². The van der Waals surface area contributed by atoms with E-state index in [2.05, 4.69) is 10.0 Å². The van der Waals surface area contributed by atoms with Crippen molar-refractivity contribution in [2.75, 3.05) is 6.54 Å². The molecule has 1 aliphatic carbocycles. The number of sulfonamides is 1. The number of hydrogen-bond acceptors (Lipinski definition) is 3. The standard InChI is InChI=1S/C18H28N2O3S/c1-2-3-13-19-24(22,23)17-12-8-9-15(14-17)18(21)20-16-10-6-4-5-7-11-16/h8-9,12,14,16,19H,2-7,10-11,13H2,1H3,(H,20,21). The lowest BCUT2D eigenvalue weighted by Crippen LogP contribution is -2.34. The Bertz CT molecular complexity index is 635. The normalized spacial score (nSPS) is 16.5. The summed E-state index contributed by atoms with van der Waals surface area (Å²) in [7, 11) is -3.56. The van der Waals surface area contributed by atoms with Crippen molar-refractivity contribution in [1.82, 2.24) is 10.0 Å². The van der Waals surface area contributed by atoms with E-state index in [-0.39, 0.29) is 16.8 Å². The van der Waals surface area contributed by atoms with Crippen LogP contribution in [0.15, 0.2) is 29.2 Å². The van der Waals surface area contributed by atoms with Crippen LogP contribution >= 0.6 is 0 Å². The molecule has 1 fully saturated rings. The minimum absolute atomic E-state index is 0.145. The molecule has 2 rings (SSSR count). The fourth-order valence-electron chi connectivity index (χ4n) is 2.96. The number of carbonyl (C=O) groups is 1. The van der Waals surface area contributed by atoms with Crippen molar-refractivity contribution in [2.45, 2.75) is 69.2 Å². The predicted octanol–water partition coefficient (Wildman–Crippen LogP) is 3.22. The van der Waals surface area contributed by atoms with Gasteiger partial charge in [0.05, 0.1) is 4.90 Å². The van der Waals surface area contributed by atoms with Crippen molar-refractivity contribution in [3.8, 4) is 0 Å². The molecule has 1 aromatic rings. The van der Waals surface area contributed by atoms with Gasteiger partial charge < -0.3 is 5.32 Å². The molecular weight excluding hydrogens is 324 g/mol. The molecule has 0 aliphatic heterocycles. The van der Waals surface area contributed by atoms with Gasteiger partial charge in [0, 0.05) is 18.2 Å². The average Bonchev–Trinajstić information content (AvgIpc) is 2.84. The molecule has 0 spiro atoms. The van der Waals surface area contributed by atoms with Crippen molar-refractivity contribution in [3.63, 3.8) is 0 Å². The highest BCUT2D eigenvalue weighted by molar-refractivity contribution is 7.89. The molecule has 1 aliphatic rings. The minimum atomic E-state index is -3.56. The smallest absolute Gasteiger partial charge is 0.251 e. The number of nitrogens with one attached hydrogen (secondary N) is 2. The molecule has 0 bridgehead atoms. The van der Waals surface area contributed by atoms with E-state index in [4.69, 9.17) is 0 Å². The first-order valence-electron chi connectivity index (χ1n) is 8.93. The first-order valence-corrected chi connectivity index (χ1v) is 10.4. The van der Waals surface area contributed by atoms with Crippen LogP contribution in [0, 0.1) is 0 Å². The Hall–Kier alpha value is -1.40. The number of benzene rings is 1. The Balaban J connectivity index is 2.04. The van der Waals surface area contributed by atoms with Crippen molar-refractivity contribution in [1.29, 1.82) is 0 Å². The largest absolute Gasteiger partial charge is 0.349 e. The lowest BCUT2D eigenvalue weighted by molar-refractivity contribution is 0.0933.